The van der Waals surface area contributed by atoms with Crippen LogP contribution in [0.3, 0.4) is 0 Å². The van der Waals surface area contributed by atoms with Gasteiger partial charge in [-0.2, -0.15) is 0 Å². The highest BCUT2D eigenvalue weighted by Gasteiger charge is 2.60. The molecule has 2 saturated heterocycles. The minimum atomic E-state index is -3.96. The number of carbonyl (C=O) groups is 2. The molecule has 2 N–H and O–H groups in total. The van der Waals surface area contributed by atoms with Crippen LogP contribution in [0.25, 0.3) is 10.8 Å². The van der Waals surface area contributed by atoms with Gasteiger partial charge in [-0.05, 0) is 28.7 Å². The molecule has 4 unspecified atom stereocenters. The standard InChI is InChI=1S/C24H31N3O5S2/c1-15(2)14-27-23-20(22(29)26(3)24(27)30)21(34(31,32)25-11-12-28)19(33-23)13-17-9-6-8-16-7-4-5-10-18(16)17/h4-10,15,19-21,23,25,28H,11-14H2,1-3H3. The van der Waals surface area contributed by atoms with E-state index in [1.807, 2.05) is 56.3 Å². The average Bonchev–Trinajstić information content (AvgIpc) is 3.19. The van der Waals surface area contributed by atoms with Gasteiger partial charge in [0.05, 0.1) is 17.9 Å². The van der Waals surface area contributed by atoms with Crippen molar-refractivity contribution >= 4 is 44.5 Å². The Labute approximate surface area is 204 Å². The smallest absolute Gasteiger partial charge is 0.327 e. The number of aliphatic hydroxyl groups excluding tert-OH is 1. The van der Waals surface area contributed by atoms with E-state index in [1.54, 1.807) is 4.90 Å². The Balaban J connectivity index is 1.78. The van der Waals surface area contributed by atoms with Crippen LogP contribution in [-0.2, 0) is 21.2 Å². The summed E-state index contributed by atoms with van der Waals surface area (Å²) < 4.78 is 29.4. The molecule has 3 amide bonds. The summed E-state index contributed by atoms with van der Waals surface area (Å²) in [5.41, 5.74) is 0.999. The Morgan fingerprint density at radius 3 is 2.53 bits per heavy atom. The van der Waals surface area contributed by atoms with Gasteiger partial charge in [0.15, 0.2) is 0 Å². The number of benzene rings is 2. The third-order valence-electron chi connectivity index (χ3n) is 6.43. The lowest BCUT2D eigenvalue weighted by Gasteiger charge is -2.41. The van der Waals surface area contributed by atoms with Crippen LogP contribution in [0.15, 0.2) is 42.5 Å². The monoisotopic (exact) mass is 505 g/mol. The van der Waals surface area contributed by atoms with Crippen LogP contribution in [0.4, 0.5) is 4.79 Å². The number of sulfonamides is 1. The molecule has 2 heterocycles. The molecule has 2 aromatic carbocycles. The zero-order valence-electron chi connectivity index (χ0n) is 19.5. The van der Waals surface area contributed by atoms with Crippen LogP contribution in [0.2, 0.25) is 0 Å². The number of rotatable bonds is 8. The van der Waals surface area contributed by atoms with Crippen molar-refractivity contribution in [1.29, 1.82) is 0 Å². The van der Waals surface area contributed by atoms with E-state index in [0.29, 0.717) is 13.0 Å². The first-order chi connectivity index (χ1) is 16.2. The number of thioether (sulfide) groups is 1. The largest absolute Gasteiger partial charge is 0.395 e. The summed E-state index contributed by atoms with van der Waals surface area (Å²) in [5, 5.41) is 9.29. The van der Waals surface area contributed by atoms with Crippen LogP contribution in [0, 0.1) is 11.8 Å². The van der Waals surface area contributed by atoms with Crippen molar-refractivity contribution in [2.45, 2.75) is 36.1 Å². The summed E-state index contributed by atoms with van der Waals surface area (Å²) in [5.74, 6) is -1.20. The Bertz CT molecular complexity index is 1180. The second-order valence-corrected chi connectivity index (χ2v) is 12.6. The lowest BCUT2D eigenvalue weighted by molar-refractivity contribution is -0.135. The molecular weight excluding hydrogens is 474 g/mol. The van der Waals surface area contributed by atoms with E-state index in [2.05, 4.69) is 4.72 Å². The number of imide groups is 1. The van der Waals surface area contributed by atoms with Gasteiger partial charge in [-0.3, -0.25) is 9.69 Å². The highest BCUT2D eigenvalue weighted by atomic mass is 32.2. The normalized spacial score (nSPS) is 25.4. The van der Waals surface area contributed by atoms with Crippen LogP contribution < -0.4 is 4.72 Å². The molecule has 0 aliphatic carbocycles. The Kier molecular flexibility index (Phi) is 7.23. The van der Waals surface area contributed by atoms with Gasteiger partial charge in [0.1, 0.15) is 5.25 Å². The molecule has 34 heavy (non-hydrogen) atoms. The van der Waals surface area contributed by atoms with Crippen LogP contribution in [-0.4, -0.2) is 77.9 Å². The molecule has 8 nitrogen and oxygen atoms in total. The predicted molar refractivity (Wildman–Crippen MR) is 134 cm³/mol. The fraction of sp³-hybridized carbons (Fsp3) is 0.500. The number of nitrogens with one attached hydrogen (secondary N) is 1. The van der Waals surface area contributed by atoms with Crippen LogP contribution in [0.5, 0.6) is 0 Å². The number of fused-ring (bicyclic) bond motifs is 2. The summed E-state index contributed by atoms with van der Waals surface area (Å²) in [6.07, 6.45) is 0.435. The van der Waals surface area contributed by atoms with Gasteiger partial charge in [0.25, 0.3) is 0 Å². The first kappa shape index (κ1) is 25.0. The first-order valence-electron chi connectivity index (χ1n) is 11.4. The number of hydrogen-bond donors (Lipinski definition) is 2. The van der Waals surface area contributed by atoms with Crippen molar-refractivity contribution in [3.63, 3.8) is 0 Å². The molecule has 10 heteroatoms. The van der Waals surface area contributed by atoms with E-state index < -0.39 is 43.8 Å². The van der Waals surface area contributed by atoms with Crippen molar-refractivity contribution < 1.29 is 23.1 Å². The summed E-state index contributed by atoms with van der Waals surface area (Å²) in [6.45, 7) is 3.95. The minimum Gasteiger partial charge on any atom is -0.395 e. The van der Waals surface area contributed by atoms with Crippen molar-refractivity contribution in [3.05, 3.63) is 48.0 Å². The maximum absolute atomic E-state index is 13.5. The third kappa shape index (κ3) is 4.56. The second kappa shape index (κ2) is 9.85. The molecule has 0 aromatic heterocycles. The molecule has 0 saturated carbocycles. The van der Waals surface area contributed by atoms with Crippen molar-refractivity contribution in [1.82, 2.24) is 14.5 Å². The predicted octanol–water partition coefficient (Wildman–Crippen LogP) is 2.27. The SMILES string of the molecule is CC(C)CN1C(=O)N(C)C(=O)C2C1SC(Cc1cccc3ccccc13)C2S(=O)(=O)NCCO. The first-order valence-corrected chi connectivity index (χ1v) is 13.9. The molecule has 184 valence electrons. The van der Waals surface area contributed by atoms with Crippen LogP contribution in [0.1, 0.15) is 19.4 Å². The van der Waals surface area contributed by atoms with E-state index >= 15 is 0 Å². The molecule has 2 aliphatic rings. The van der Waals surface area contributed by atoms with Gasteiger partial charge in [-0.1, -0.05) is 56.3 Å². The number of amides is 3. The fourth-order valence-electron chi connectivity index (χ4n) is 4.99. The maximum Gasteiger partial charge on any atom is 0.327 e. The number of urea groups is 1. The molecule has 0 radical (unpaired) electrons. The van der Waals surface area contributed by atoms with Crippen molar-refractivity contribution in [2.75, 3.05) is 26.7 Å². The molecule has 2 aromatic rings. The molecule has 4 rings (SSSR count). The van der Waals surface area contributed by atoms with Crippen LogP contribution >= 0.6 is 11.8 Å². The zero-order valence-corrected chi connectivity index (χ0v) is 21.2. The van der Waals surface area contributed by atoms with E-state index in [-0.39, 0.29) is 19.1 Å². The molecule has 2 fully saturated rings. The van der Waals surface area contributed by atoms with E-state index in [1.165, 1.54) is 18.8 Å². The van der Waals surface area contributed by atoms with E-state index in [9.17, 15) is 23.1 Å². The Hall–Kier alpha value is -2.14. The summed E-state index contributed by atoms with van der Waals surface area (Å²) in [6, 6.07) is 13.5. The summed E-state index contributed by atoms with van der Waals surface area (Å²) in [7, 11) is -2.54. The summed E-state index contributed by atoms with van der Waals surface area (Å²) >= 11 is 1.40. The minimum absolute atomic E-state index is 0.124. The fourth-order valence-corrected chi connectivity index (χ4v) is 9.17. The number of nitrogens with zero attached hydrogens (tertiary/aromatic N) is 2. The van der Waals surface area contributed by atoms with Crippen molar-refractivity contribution in [2.24, 2.45) is 11.8 Å². The quantitative estimate of drug-likeness (QED) is 0.570. The topological polar surface area (TPSA) is 107 Å². The lowest BCUT2D eigenvalue weighted by Crippen LogP contribution is -2.62. The highest BCUT2D eigenvalue weighted by molar-refractivity contribution is 8.02. The molecule has 2 aliphatic heterocycles. The summed E-state index contributed by atoms with van der Waals surface area (Å²) in [4.78, 5) is 29.0. The van der Waals surface area contributed by atoms with Gasteiger partial charge in [0.2, 0.25) is 15.9 Å². The Morgan fingerprint density at radius 1 is 1.12 bits per heavy atom. The maximum atomic E-state index is 13.5. The zero-order chi connectivity index (χ0) is 24.6. The van der Waals surface area contributed by atoms with Gasteiger partial charge >= 0.3 is 6.03 Å². The van der Waals surface area contributed by atoms with Gasteiger partial charge in [-0.15, -0.1) is 11.8 Å². The number of aliphatic hydroxyl groups is 1. The molecule has 0 bridgehead atoms. The molecular formula is C24H31N3O5S2. The number of hydrogen-bond acceptors (Lipinski definition) is 6. The molecule has 4 atom stereocenters. The van der Waals surface area contributed by atoms with Gasteiger partial charge in [-0.25, -0.2) is 17.9 Å². The number of carbonyl (C=O) groups excluding carboxylic acids is 2. The lowest BCUT2D eigenvalue weighted by atomic mass is 9.93. The van der Waals surface area contributed by atoms with E-state index in [4.69, 9.17) is 0 Å². The van der Waals surface area contributed by atoms with Crippen molar-refractivity contribution in [3.8, 4) is 0 Å². The highest BCUT2D eigenvalue weighted by Crippen LogP contribution is 2.48. The second-order valence-electron chi connectivity index (χ2n) is 9.29. The third-order valence-corrected chi connectivity index (χ3v) is 10.2. The van der Waals surface area contributed by atoms with Gasteiger partial charge in [0, 0.05) is 25.4 Å². The Morgan fingerprint density at radius 2 is 1.82 bits per heavy atom. The molecule has 0 spiro atoms. The van der Waals surface area contributed by atoms with E-state index in [0.717, 1.165) is 21.2 Å². The van der Waals surface area contributed by atoms with Gasteiger partial charge < -0.3 is 10.0 Å². The average molecular weight is 506 g/mol.